The van der Waals surface area contributed by atoms with Crippen LogP contribution in [0.25, 0.3) is 0 Å². The Balaban J connectivity index is 1.85. The fourth-order valence-corrected chi connectivity index (χ4v) is 2.73. The lowest BCUT2D eigenvalue weighted by atomic mass is 10.1. The van der Waals surface area contributed by atoms with Crippen LogP contribution in [0.5, 0.6) is 0 Å². The third kappa shape index (κ3) is 7.34. The Bertz CT molecular complexity index is 826. The molecule has 0 spiro atoms. The van der Waals surface area contributed by atoms with Crippen LogP contribution in [0.3, 0.4) is 0 Å². The van der Waals surface area contributed by atoms with Crippen molar-refractivity contribution in [2.75, 3.05) is 12.0 Å². The van der Waals surface area contributed by atoms with Crippen molar-refractivity contribution in [2.24, 2.45) is 0 Å². The highest BCUT2D eigenvalue weighted by Gasteiger charge is 2.22. The highest BCUT2D eigenvalue weighted by Crippen LogP contribution is 2.04. The van der Waals surface area contributed by atoms with Crippen LogP contribution in [0, 0.1) is 0 Å². The minimum Gasteiger partial charge on any atom is -0.467 e. The lowest BCUT2D eigenvalue weighted by Crippen LogP contribution is -2.54. The van der Waals surface area contributed by atoms with Gasteiger partial charge in [0.25, 0.3) is 11.8 Å². The molecule has 0 radical (unpaired) electrons. The van der Waals surface area contributed by atoms with E-state index in [0.29, 0.717) is 23.5 Å². The van der Waals surface area contributed by atoms with E-state index >= 15 is 0 Å². The average molecular weight is 418 g/mol. The maximum Gasteiger partial charge on any atom is 0.327 e. The molecule has 1 heterocycles. The number of nitrogens with one attached hydrogen (secondary N) is 4. The van der Waals surface area contributed by atoms with E-state index in [9.17, 15) is 19.2 Å². The van der Waals surface area contributed by atoms with Crippen LogP contribution in [-0.4, -0.2) is 41.7 Å². The molecule has 0 saturated carbocycles. The Kier molecular flexibility index (Phi) is 8.77. The SMILES string of the molecule is CSCC[C@H](NC(=O)c1ccccc1)C(=O)NNC(=O)C(=O)NCc1ccco1. The van der Waals surface area contributed by atoms with Crippen molar-refractivity contribution >= 4 is 35.4 Å². The summed E-state index contributed by atoms with van der Waals surface area (Å²) in [6.45, 7) is 0.0384. The third-order valence-corrected chi connectivity index (χ3v) is 4.42. The zero-order valence-corrected chi connectivity index (χ0v) is 16.6. The molecule has 0 aliphatic heterocycles. The first-order valence-corrected chi connectivity index (χ1v) is 10.2. The molecular formula is C19H22N4O5S. The number of rotatable bonds is 8. The lowest BCUT2D eigenvalue weighted by molar-refractivity contribution is -0.141. The molecule has 10 heteroatoms. The van der Waals surface area contributed by atoms with E-state index in [4.69, 9.17) is 4.42 Å². The lowest BCUT2D eigenvalue weighted by Gasteiger charge is -2.18. The van der Waals surface area contributed by atoms with E-state index in [1.807, 2.05) is 11.7 Å². The van der Waals surface area contributed by atoms with Gasteiger partial charge >= 0.3 is 11.8 Å². The predicted molar refractivity (Wildman–Crippen MR) is 108 cm³/mol. The summed E-state index contributed by atoms with van der Waals surface area (Å²) < 4.78 is 5.05. The van der Waals surface area contributed by atoms with E-state index in [1.165, 1.54) is 18.0 Å². The number of thioether (sulfide) groups is 1. The highest BCUT2D eigenvalue weighted by atomic mass is 32.2. The van der Waals surface area contributed by atoms with E-state index in [-0.39, 0.29) is 6.54 Å². The van der Waals surface area contributed by atoms with Crippen molar-refractivity contribution in [3.63, 3.8) is 0 Å². The summed E-state index contributed by atoms with van der Waals surface area (Å²) in [6.07, 6.45) is 3.67. The third-order valence-electron chi connectivity index (χ3n) is 3.78. The largest absolute Gasteiger partial charge is 0.467 e. The summed E-state index contributed by atoms with van der Waals surface area (Å²) in [5.74, 6) is -1.91. The summed E-state index contributed by atoms with van der Waals surface area (Å²) in [6, 6.07) is 10.9. The number of hydrogen-bond donors (Lipinski definition) is 4. The number of carbonyl (C=O) groups is 4. The van der Waals surface area contributed by atoms with Gasteiger partial charge in [-0.15, -0.1) is 0 Å². The Morgan fingerprint density at radius 3 is 2.41 bits per heavy atom. The molecule has 9 nitrogen and oxygen atoms in total. The van der Waals surface area contributed by atoms with Gasteiger partial charge in [0.2, 0.25) is 0 Å². The van der Waals surface area contributed by atoms with E-state index in [2.05, 4.69) is 16.1 Å². The van der Waals surface area contributed by atoms with Gasteiger partial charge in [0.1, 0.15) is 11.8 Å². The summed E-state index contributed by atoms with van der Waals surface area (Å²) in [4.78, 5) is 48.3. The maximum atomic E-state index is 12.4. The van der Waals surface area contributed by atoms with Crippen LogP contribution >= 0.6 is 11.8 Å². The van der Waals surface area contributed by atoms with Crippen molar-refractivity contribution in [1.82, 2.24) is 21.5 Å². The van der Waals surface area contributed by atoms with Crippen LogP contribution in [0.15, 0.2) is 53.1 Å². The Labute approximate surface area is 172 Å². The fourth-order valence-electron chi connectivity index (χ4n) is 2.26. The number of furan rings is 1. The van der Waals surface area contributed by atoms with Gasteiger partial charge in [0.05, 0.1) is 12.8 Å². The molecule has 1 aromatic heterocycles. The van der Waals surface area contributed by atoms with Gasteiger partial charge < -0.3 is 15.1 Å². The summed E-state index contributed by atoms with van der Waals surface area (Å²) in [5, 5.41) is 4.99. The molecular weight excluding hydrogens is 396 g/mol. The first-order chi connectivity index (χ1) is 14.0. The number of hydrazine groups is 1. The molecule has 0 bridgehead atoms. The van der Waals surface area contributed by atoms with Crippen molar-refractivity contribution in [3.8, 4) is 0 Å². The number of amides is 4. The minimum atomic E-state index is -1.04. The fraction of sp³-hybridized carbons (Fsp3) is 0.263. The van der Waals surface area contributed by atoms with Crippen LogP contribution in [0.4, 0.5) is 0 Å². The van der Waals surface area contributed by atoms with Gasteiger partial charge in [-0.05, 0) is 42.7 Å². The second kappa shape index (κ2) is 11.5. The van der Waals surface area contributed by atoms with E-state index in [0.717, 1.165) is 0 Å². The molecule has 0 saturated heterocycles. The van der Waals surface area contributed by atoms with E-state index < -0.39 is 29.7 Å². The zero-order valence-electron chi connectivity index (χ0n) is 15.8. The topological polar surface area (TPSA) is 130 Å². The molecule has 4 N–H and O–H groups in total. The molecule has 2 rings (SSSR count). The van der Waals surface area contributed by atoms with Gasteiger partial charge in [0.15, 0.2) is 0 Å². The summed E-state index contributed by atoms with van der Waals surface area (Å²) in [7, 11) is 0. The molecule has 154 valence electrons. The molecule has 2 aromatic rings. The van der Waals surface area contributed by atoms with Crippen molar-refractivity contribution in [3.05, 3.63) is 60.1 Å². The van der Waals surface area contributed by atoms with Gasteiger partial charge in [0, 0.05) is 5.56 Å². The summed E-state index contributed by atoms with van der Waals surface area (Å²) in [5.41, 5.74) is 4.63. The molecule has 4 amide bonds. The number of carbonyl (C=O) groups excluding carboxylic acids is 4. The van der Waals surface area contributed by atoms with Gasteiger partial charge in [-0.25, -0.2) is 0 Å². The molecule has 29 heavy (non-hydrogen) atoms. The van der Waals surface area contributed by atoms with E-state index in [1.54, 1.807) is 42.5 Å². The Hall–Kier alpha value is -3.27. The molecule has 1 atom stereocenters. The quantitative estimate of drug-likeness (QED) is 0.367. The average Bonchev–Trinajstić information content (AvgIpc) is 3.27. The zero-order chi connectivity index (χ0) is 21.1. The number of benzene rings is 1. The predicted octanol–water partition coefficient (Wildman–Crippen LogP) is 0.595. The molecule has 1 aromatic carbocycles. The van der Waals surface area contributed by atoms with Crippen LogP contribution in [-0.2, 0) is 20.9 Å². The van der Waals surface area contributed by atoms with Crippen molar-refractivity contribution in [2.45, 2.75) is 19.0 Å². The Morgan fingerprint density at radius 2 is 1.76 bits per heavy atom. The molecule has 0 unspecified atom stereocenters. The normalized spacial score (nSPS) is 11.2. The molecule has 0 aliphatic rings. The standard InChI is InChI=1S/C19H22N4O5S/c1-29-11-9-15(21-16(24)13-6-3-2-4-7-13)17(25)22-23-19(27)18(26)20-12-14-8-5-10-28-14/h2-8,10,15H,9,11-12H2,1H3,(H,20,26)(H,21,24)(H,22,25)(H,23,27)/t15-/m0/s1. The smallest absolute Gasteiger partial charge is 0.327 e. The van der Waals surface area contributed by atoms with Crippen LogP contribution in [0.2, 0.25) is 0 Å². The minimum absolute atomic E-state index is 0.0384. The number of hydrogen-bond acceptors (Lipinski definition) is 6. The Morgan fingerprint density at radius 1 is 1.00 bits per heavy atom. The second-order valence-electron chi connectivity index (χ2n) is 5.88. The van der Waals surface area contributed by atoms with Crippen LogP contribution in [0.1, 0.15) is 22.5 Å². The molecule has 0 aliphatic carbocycles. The molecule has 0 fully saturated rings. The maximum absolute atomic E-state index is 12.4. The first-order valence-electron chi connectivity index (χ1n) is 8.76. The van der Waals surface area contributed by atoms with Crippen molar-refractivity contribution < 1.29 is 23.6 Å². The second-order valence-corrected chi connectivity index (χ2v) is 6.86. The highest BCUT2D eigenvalue weighted by molar-refractivity contribution is 7.98. The summed E-state index contributed by atoms with van der Waals surface area (Å²) >= 11 is 1.51. The first kappa shape index (κ1) is 22.0. The monoisotopic (exact) mass is 418 g/mol. The van der Waals surface area contributed by atoms with Crippen LogP contribution < -0.4 is 21.5 Å². The van der Waals surface area contributed by atoms with Gasteiger partial charge in [-0.2, -0.15) is 11.8 Å². The van der Waals surface area contributed by atoms with Gasteiger partial charge in [-0.1, -0.05) is 18.2 Å². The van der Waals surface area contributed by atoms with Crippen molar-refractivity contribution in [1.29, 1.82) is 0 Å². The van der Waals surface area contributed by atoms with Gasteiger partial charge in [-0.3, -0.25) is 30.0 Å².